The van der Waals surface area contributed by atoms with Crippen LogP contribution in [-0.4, -0.2) is 0 Å². The highest BCUT2D eigenvalue weighted by molar-refractivity contribution is 5.25. The molecule has 0 aromatic heterocycles. The molecule has 0 fully saturated rings. The summed E-state index contributed by atoms with van der Waals surface area (Å²) < 4.78 is 13.1. The van der Waals surface area contributed by atoms with Crippen molar-refractivity contribution in [3.63, 3.8) is 0 Å². The first-order valence-corrected chi connectivity index (χ1v) is 7.82. The van der Waals surface area contributed by atoms with Gasteiger partial charge in [-0.05, 0) is 36.5 Å². The van der Waals surface area contributed by atoms with E-state index in [0.717, 1.165) is 17.5 Å². The molecule has 1 aromatic rings. The molecule has 0 radical (unpaired) electrons. The average molecular weight is 270 g/mol. The zero-order valence-electron chi connectivity index (χ0n) is 14.6. The molecule has 114 valence electrons. The fourth-order valence-electron chi connectivity index (χ4n) is 1.15. The first-order chi connectivity index (χ1) is 9.06. The molecule has 0 saturated carbocycles. The van der Waals surface area contributed by atoms with E-state index >= 15 is 0 Å². The Balaban J connectivity index is -0.000000313. The maximum absolute atomic E-state index is 13.1. The molecular weight excluding hydrogens is 235 g/mol. The molecule has 19 heavy (non-hydrogen) atoms. The number of halogens is 1. The minimum Gasteiger partial charge on any atom is -0.207 e. The first-order valence-electron chi connectivity index (χ1n) is 7.82. The molecule has 1 atom stereocenters. The van der Waals surface area contributed by atoms with Gasteiger partial charge >= 0.3 is 0 Å². The summed E-state index contributed by atoms with van der Waals surface area (Å²) >= 11 is 0. The lowest BCUT2D eigenvalue weighted by molar-refractivity contribution is 0.611. The second kappa shape index (κ2) is 17.2. The molecule has 0 unspecified atom stereocenters. The largest absolute Gasteiger partial charge is 0.207 e. The molecule has 0 bridgehead atoms. The summed E-state index contributed by atoms with van der Waals surface area (Å²) in [5, 5.41) is 0. The second-order valence-corrected chi connectivity index (χ2v) is 4.03. The van der Waals surface area contributed by atoms with Crippen molar-refractivity contribution in [3.8, 4) is 0 Å². The van der Waals surface area contributed by atoms with Crippen LogP contribution in [0.25, 0.3) is 0 Å². The topological polar surface area (TPSA) is 0 Å². The van der Waals surface area contributed by atoms with Gasteiger partial charge in [-0.1, -0.05) is 73.9 Å². The lowest BCUT2D eigenvalue weighted by Gasteiger charge is -2.09. The van der Waals surface area contributed by atoms with Crippen molar-refractivity contribution < 1.29 is 4.39 Å². The molecular formula is C18H35F. The normalized spacial score (nSPS) is 9.79. The molecule has 0 nitrogen and oxygen atoms in total. The SMILES string of the molecule is CC.CC.CCC.CC[C@@H](C)c1ccc(C)c(F)c1. The standard InChI is InChI=1S/C11H15F.C3H8.2C2H6/c1-4-8(2)10-6-5-9(3)11(12)7-10;1-3-2;2*1-2/h5-8H,4H2,1-3H3;3H2,1-2H3;2*1-2H3/t8-;;;/m1.../s1. The molecule has 0 aliphatic rings. The van der Waals surface area contributed by atoms with Gasteiger partial charge in [0.25, 0.3) is 0 Å². The van der Waals surface area contributed by atoms with E-state index in [4.69, 9.17) is 0 Å². The molecule has 0 heterocycles. The van der Waals surface area contributed by atoms with Crippen molar-refractivity contribution in [2.45, 2.75) is 81.1 Å². The van der Waals surface area contributed by atoms with Crippen LogP contribution in [0.15, 0.2) is 18.2 Å². The lowest BCUT2D eigenvalue weighted by Crippen LogP contribution is -1.93. The number of aryl methyl sites for hydroxylation is 1. The van der Waals surface area contributed by atoms with Crippen LogP contribution < -0.4 is 0 Å². The van der Waals surface area contributed by atoms with Gasteiger partial charge in [-0.25, -0.2) is 4.39 Å². The Morgan fingerprint density at radius 3 is 1.74 bits per heavy atom. The van der Waals surface area contributed by atoms with Gasteiger partial charge in [0.2, 0.25) is 0 Å². The highest BCUT2D eigenvalue weighted by Gasteiger charge is 2.04. The highest BCUT2D eigenvalue weighted by atomic mass is 19.1. The number of benzene rings is 1. The Kier molecular flexibility index (Phi) is 21.0. The Morgan fingerprint density at radius 1 is 1.00 bits per heavy atom. The summed E-state index contributed by atoms with van der Waals surface area (Å²) in [6.07, 6.45) is 2.31. The van der Waals surface area contributed by atoms with Crippen molar-refractivity contribution in [2.75, 3.05) is 0 Å². The molecule has 0 aliphatic heterocycles. The zero-order valence-corrected chi connectivity index (χ0v) is 14.6. The van der Waals surface area contributed by atoms with Gasteiger partial charge in [0.15, 0.2) is 0 Å². The Morgan fingerprint density at radius 2 is 1.42 bits per heavy atom. The van der Waals surface area contributed by atoms with Gasteiger partial charge in [0, 0.05) is 0 Å². The smallest absolute Gasteiger partial charge is 0.126 e. The number of hydrogen-bond donors (Lipinski definition) is 0. The molecule has 0 saturated heterocycles. The molecule has 1 rings (SSSR count). The van der Waals surface area contributed by atoms with E-state index in [1.165, 1.54) is 6.42 Å². The quantitative estimate of drug-likeness (QED) is 0.537. The number of rotatable bonds is 2. The fraction of sp³-hybridized carbons (Fsp3) is 0.667. The van der Waals surface area contributed by atoms with E-state index in [0.29, 0.717) is 5.92 Å². The maximum Gasteiger partial charge on any atom is 0.126 e. The predicted molar refractivity (Wildman–Crippen MR) is 88.5 cm³/mol. The summed E-state index contributed by atoms with van der Waals surface area (Å²) in [6, 6.07) is 5.49. The van der Waals surface area contributed by atoms with E-state index < -0.39 is 0 Å². The molecule has 0 N–H and O–H groups in total. The third kappa shape index (κ3) is 11.9. The molecule has 0 aliphatic carbocycles. The minimum atomic E-state index is -0.0900. The van der Waals surface area contributed by atoms with Crippen LogP contribution in [0.2, 0.25) is 0 Å². The van der Waals surface area contributed by atoms with Crippen LogP contribution in [-0.2, 0) is 0 Å². The Bertz CT molecular complexity index is 279. The van der Waals surface area contributed by atoms with Crippen LogP contribution in [0.5, 0.6) is 0 Å². The molecule has 0 spiro atoms. The van der Waals surface area contributed by atoms with Crippen LogP contribution in [0, 0.1) is 12.7 Å². The fourth-order valence-corrected chi connectivity index (χ4v) is 1.15. The average Bonchev–Trinajstić information content (AvgIpc) is 2.46. The van der Waals surface area contributed by atoms with E-state index in [-0.39, 0.29) is 5.82 Å². The summed E-state index contributed by atoms with van der Waals surface area (Å²) in [7, 11) is 0. The van der Waals surface area contributed by atoms with E-state index in [1.807, 2.05) is 39.8 Å². The van der Waals surface area contributed by atoms with Gasteiger partial charge in [-0.15, -0.1) is 0 Å². The second-order valence-electron chi connectivity index (χ2n) is 4.03. The van der Waals surface area contributed by atoms with Crippen molar-refractivity contribution >= 4 is 0 Å². The van der Waals surface area contributed by atoms with E-state index in [1.54, 1.807) is 13.0 Å². The van der Waals surface area contributed by atoms with Gasteiger partial charge in [-0.3, -0.25) is 0 Å². The van der Waals surface area contributed by atoms with Crippen molar-refractivity contribution in [1.29, 1.82) is 0 Å². The molecule has 1 aromatic carbocycles. The van der Waals surface area contributed by atoms with Gasteiger partial charge in [0.05, 0.1) is 0 Å². The van der Waals surface area contributed by atoms with Gasteiger partial charge < -0.3 is 0 Å². The summed E-state index contributed by atoms with van der Waals surface area (Å²) in [5.41, 5.74) is 1.82. The first kappa shape index (κ1) is 23.3. The zero-order chi connectivity index (χ0) is 15.8. The van der Waals surface area contributed by atoms with E-state index in [2.05, 4.69) is 27.7 Å². The predicted octanol–water partition coefficient (Wildman–Crippen LogP) is 7.12. The minimum absolute atomic E-state index is 0.0900. The van der Waals surface area contributed by atoms with Crippen LogP contribution >= 0.6 is 0 Å². The van der Waals surface area contributed by atoms with Crippen LogP contribution in [0.1, 0.15) is 85.3 Å². The van der Waals surface area contributed by atoms with Crippen LogP contribution in [0.3, 0.4) is 0 Å². The molecule has 1 heteroatoms. The lowest BCUT2D eigenvalue weighted by atomic mass is 9.98. The van der Waals surface area contributed by atoms with Gasteiger partial charge in [0.1, 0.15) is 5.82 Å². The van der Waals surface area contributed by atoms with Crippen molar-refractivity contribution in [3.05, 3.63) is 35.1 Å². The molecule has 0 amide bonds. The Labute approximate surface area is 121 Å². The Hall–Kier alpha value is -0.850. The maximum atomic E-state index is 13.1. The number of hydrogen-bond acceptors (Lipinski definition) is 0. The third-order valence-corrected chi connectivity index (χ3v) is 2.38. The van der Waals surface area contributed by atoms with Gasteiger partial charge in [-0.2, -0.15) is 0 Å². The highest BCUT2D eigenvalue weighted by Crippen LogP contribution is 2.20. The monoisotopic (exact) mass is 270 g/mol. The summed E-state index contributed by atoms with van der Waals surface area (Å²) in [5.74, 6) is 0.368. The van der Waals surface area contributed by atoms with E-state index in [9.17, 15) is 4.39 Å². The summed E-state index contributed by atoms with van der Waals surface area (Å²) in [6.45, 7) is 18.3. The third-order valence-electron chi connectivity index (χ3n) is 2.38. The van der Waals surface area contributed by atoms with Crippen LogP contribution in [0.4, 0.5) is 4.39 Å². The summed E-state index contributed by atoms with van der Waals surface area (Å²) in [4.78, 5) is 0. The van der Waals surface area contributed by atoms with Crippen molar-refractivity contribution in [2.24, 2.45) is 0 Å². The van der Waals surface area contributed by atoms with Crippen molar-refractivity contribution in [1.82, 2.24) is 0 Å².